The van der Waals surface area contributed by atoms with E-state index in [0.717, 1.165) is 0 Å². The van der Waals surface area contributed by atoms with Crippen molar-refractivity contribution in [3.63, 3.8) is 0 Å². The summed E-state index contributed by atoms with van der Waals surface area (Å²) in [5.41, 5.74) is -0.848. The van der Waals surface area contributed by atoms with Gasteiger partial charge >= 0.3 is 0 Å². The molecule has 56 valence electrons. The zero-order chi connectivity index (χ0) is 7.94. The lowest BCUT2D eigenvalue weighted by molar-refractivity contribution is -0.0393. The van der Waals surface area contributed by atoms with Crippen LogP contribution in [0.5, 0.6) is 0 Å². The molecule has 1 rings (SSSR count). The molecule has 0 amide bonds. The van der Waals surface area contributed by atoms with Crippen molar-refractivity contribution in [3.8, 4) is 0 Å². The molecule has 1 fully saturated rings. The highest BCUT2D eigenvalue weighted by Gasteiger charge is 2.46. The summed E-state index contributed by atoms with van der Waals surface area (Å²) in [7, 11) is 5.19. The summed E-state index contributed by atoms with van der Waals surface area (Å²) in [5.74, 6) is 0. The van der Waals surface area contributed by atoms with E-state index in [1.807, 2.05) is 0 Å². The van der Waals surface area contributed by atoms with Crippen molar-refractivity contribution < 1.29 is 14.2 Å². The van der Waals surface area contributed by atoms with Crippen molar-refractivity contribution in [2.45, 2.75) is 37.7 Å². The smallest absolute Gasteiger partial charge is 0.146 e. The Bertz CT molecular complexity index is 140. The molecular weight excluding hydrogens is 134 g/mol. The Morgan fingerprint density at radius 1 is 1.60 bits per heavy atom. The first kappa shape index (κ1) is 8.02. The second kappa shape index (κ2) is 2.20. The van der Waals surface area contributed by atoms with Gasteiger partial charge in [-0.2, -0.15) is 0 Å². The summed E-state index contributed by atoms with van der Waals surface area (Å²) in [4.78, 5) is 0. The molecule has 0 aromatic rings. The van der Waals surface area contributed by atoms with E-state index < -0.39 is 23.9 Å². The van der Waals surface area contributed by atoms with Crippen LogP contribution < -0.4 is 0 Å². The minimum Gasteiger partial charge on any atom is -0.387 e. The second-order valence-corrected chi connectivity index (χ2v) is 3.08. The average Bonchev–Trinajstić information content (AvgIpc) is 1.95. The van der Waals surface area contributed by atoms with E-state index >= 15 is 0 Å². The van der Waals surface area contributed by atoms with Gasteiger partial charge in [0.2, 0.25) is 0 Å². The SMILES string of the molecule is [B]C1OC(C)(C)C(O)C1F. The normalized spacial score (nSPS) is 45.8. The predicted octanol–water partition coefficient (Wildman–Crippen LogP) is -0.0112. The quantitative estimate of drug-likeness (QED) is 0.484. The van der Waals surface area contributed by atoms with Crippen LogP contribution in [0.3, 0.4) is 0 Å². The zero-order valence-corrected chi connectivity index (χ0v) is 6.04. The molecule has 10 heavy (non-hydrogen) atoms. The molecule has 1 heterocycles. The van der Waals surface area contributed by atoms with Gasteiger partial charge < -0.3 is 9.84 Å². The first-order valence-electron chi connectivity index (χ1n) is 3.20. The number of rotatable bonds is 0. The largest absolute Gasteiger partial charge is 0.387 e. The predicted molar refractivity (Wildman–Crippen MR) is 35.6 cm³/mol. The van der Waals surface area contributed by atoms with E-state index in [1.165, 1.54) is 0 Å². The summed E-state index contributed by atoms with van der Waals surface area (Å²) < 4.78 is 17.6. The first-order valence-corrected chi connectivity index (χ1v) is 3.20. The van der Waals surface area contributed by atoms with Crippen molar-refractivity contribution in [2.24, 2.45) is 0 Å². The van der Waals surface area contributed by atoms with E-state index in [0.29, 0.717) is 0 Å². The average molecular weight is 144 g/mol. The van der Waals surface area contributed by atoms with Crippen LogP contribution in [0.1, 0.15) is 13.8 Å². The lowest BCUT2D eigenvalue weighted by Crippen LogP contribution is -2.35. The van der Waals surface area contributed by atoms with Crippen LogP contribution in [0.4, 0.5) is 4.39 Å². The van der Waals surface area contributed by atoms with Gasteiger partial charge in [0.15, 0.2) is 0 Å². The third-order valence-electron chi connectivity index (χ3n) is 1.77. The molecule has 2 radical (unpaired) electrons. The summed E-state index contributed by atoms with van der Waals surface area (Å²) in [6.07, 6.45) is -2.57. The van der Waals surface area contributed by atoms with Crippen LogP contribution in [-0.4, -0.2) is 36.8 Å². The van der Waals surface area contributed by atoms with Gasteiger partial charge in [-0.15, -0.1) is 0 Å². The highest BCUT2D eigenvalue weighted by Crippen LogP contribution is 2.30. The van der Waals surface area contributed by atoms with Crippen molar-refractivity contribution in [2.75, 3.05) is 0 Å². The molecule has 1 saturated heterocycles. The van der Waals surface area contributed by atoms with Gasteiger partial charge in [-0.05, 0) is 13.8 Å². The summed E-state index contributed by atoms with van der Waals surface area (Å²) in [6, 6.07) is -0.981. The highest BCUT2D eigenvalue weighted by molar-refractivity contribution is 6.11. The molecule has 1 N–H and O–H groups in total. The number of hydrogen-bond donors (Lipinski definition) is 1. The monoisotopic (exact) mass is 144 g/mol. The molecule has 3 unspecified atom stereocenters. The molecular formula is C6H10BFO2. The molecule has 4 heteroatoms. The van der Waals surface area contributed by atoms with E-state index in [2.05, 4.69) is 0 Å². The Balaban J connectivity index is 2.71. The molecule has 0 spiro atoms. The molecule has 2 nitrogen and oxygen atoms in total. The van der Waals surface area contributed by atoms with Crippen LogP contribution in [0.2, 0.25) is 0 Å². The molecule has 3 atom stereocenters. The van der Waals surface area contributed by atoms with E-state index in [9.17, 15) is 4.39 Å². The minimum absolute atomic E-state index is 0.848. The van der Waals surface area contributed by atoms with Crippen LogP contribution in [-0.2, 0) is 4.74 Å². The Morgan fingerprint density at radius 2 is 2.10 bits per heavy atom. The number of ether oxygens (including phenoxy) is 1. The summed E-state index contributed by atoms with van der Waals surface area (Å²) >= 11 is 0. The zero-order valence-electron chi connectivity index (χ0n) is 6.04. The van der Waals surface area contributed by atoms with E-state index in [4.69, 9.17) is 17.7 Å². The van der Waals surface area contributed by atoms with E-state index in [1.54, 1.807) is 13.8 Å². The fourth-order valence-electron chi connectivity index (χ4n) is 1.05. The molecule has 1 aliphatic rings. The Kier molecular flexibility index (Phi) is 1.77. The third-order valence-corrected chi connectivity index (χ3v) is 1.77. The highest BCUT2D eigenvalue weighted by atomic mass is 19.1. The van der Waals surface area contributed by atoms with Crippen molar-refractivity contribution in [1.29, 1.82) is 0 Å². The molecule has 0 saturated carbocycles. The lowest BCUT2D eigenvalue weighted by Gasteiger charge is -2.21. The van der Waals surface area contributed by atoms with Crippen molar-refractivity contribution >= 4 is 7.85 Å². The van der Waals surface area contributed by atoms with E-state index in [-0.39, 0.29) is 0 Å². The second-order valence-electron chi connectivity index (χ2n) is 3.08. The number of halogens is 1. The molecule has 0 aromatic carbocycles. The summed E-state index contributed by atoms with van der Waals surface area (Å²) in [5, 5.41) is 9.12. The molecule has 0 aliphatic carbocycles. The standard InChI is InChI=1S/C6H10BFO2/c1-6(2)4(9)3(8)5(7)10-6/h3-5,9H,1-2H3. The van der Waals surface area contributed by atoms with Crippen LogP contribution in [0.15, 0.2) is 0 Å². The topological polar surface area (TPSA) is 29.5 Å². The van der Waals surface area contributed by atoms with Gasteiger partial charge in [0.25, 0.3) is 0 Å². The van der Waals surface area contributed by atoms with Crippen molar-refractivity contribution in [1.82, 2.24) is 0 Å². The van der Waals surface area contributed by atoms with Crippen molar-refractivity contribution in [3.05, 3.63) is 0 Å². The number of aliphatic hydroxyl groups is 1. The summed E-state index contributed by atoms with van der Waals surface area (Å²) in [6.45, 7) is 3.22. The van der Waals surface area contributed by atoms with Gasteiger partial charge in [0, 0.05) is 0 Å². The molecule has 0 bridgehead atoms. The van der Waals surface area contributed by atoms with Gasteiger partial charge in [-0.25, -0.2) is 4.39 Å². The maximum absolute atomic E-state index is 12.7. The fourth-order valence-corrected chi connectivity index (χ4v) is 1.05. The van der Waals surface area contributed by atoms with Gasteiger partial charge in [0.1, 0.15) is 20.1 Å². The van der Waals surface area contributed by atoms with Crippen LogP contribution in [0.25, 0.3) is 0 Å². The van der Waals surface area contributed by atoms with Crippen LogP contribution >= 0.6 is 0 Å². The maximum atomic E-state index is 12.7. The number of alkyl halides is 1. The number of hydrogen-bond acceptors (Lipinski definition) is 2. The fraction of sp³-hybridized carbons (Fsp3) is 1.00. The lowest BCUT2D eigenvalue weighted by atomic mass is 9.92. The van der Waals surface area contributed by atoms with Gasteiger partial charge in [-0.1, -0.05) is 0 Å². The maximum Gasteiger partial charge on any atom is 0.146 e. The minimum atomic E-state index is -1.46. The number of aliphatic hydroxyl groups excluding tert-OH is 1. The Hall–Kier alpha value is -0.0851. The van der Waals surface area contributed by atoms with Crippen LogP contribution in [0, 0.1) is 0 Å². The Morgan fingerprint density at radius 3 is 2.20 bits per heavy atom. The first-order chi connectivity index (χ1) is 4.45. The molecule has 0 aromatic heterocycles. The van der Waals surface area contributed by atoms with Gasteiger partial charge in [-0.3, -0.25) is 0 Å². The van der Waals surface area contributed by atoms with Gasteiger partial charge in [0.05, 0.1) is 11.6 Å². The third kappa shape index (κ3) is 1.06. The molecule has 1 aliphatic heterocycles. The Labute approximate surface area is 60.8 Å².